The van der Waals surface area contributed by atoms with Gasteiger partial charge >= 0.3 is 0 Å². The zero-order valence-corrected chi connectivity index (χ0v) is 13.1. The van der Waals surface area contributed by atoms with E-state index in [0.717, 1.165) is 10.5 Å². The van der Waals surface area contributed by atoms with E-state index in [1.54, 1.807) is 0 Å². The molecule has 2 heteroatoms. The van der Waals surface area contributed by atoms with Crippen LogP contribution in [0.4, 0.5) is 0 Å². The van der Waals surface area contributed by atoms with Gasteiger partial charge in [-0.05, 0) is 23.3 Å². The molecule has 0 amide bonds. The molecule has 0 heterocycles. The van der Waals surface area contributed by atoms with Crippen LogP contribution in [-0.4, -0.2) is 10.5 Å². The van der Waals surface area contributed by atoms with Crippen molar-refractivity contribution in [2.45, 2.75) is 33.8 Å². The molecule has 90 valence electrons. The number of hydrogen-bond donors (Lipinski definition) is 0. The fourth-order valence-electron chi connectivity index (χ4n) is 2.63. The third-order valence-electron chi connectivity index (χ3n) is 3.27. The summed E-state index contributed by atoms with van der Waals surface area (Å²) < 4.78 is 5.86. The van der Waals surface area contributed by atoms with Gasteiger partial charge in [-0.2, -0.15) is 0 Å². The highest BCUT2D eigenvalue weighted by Gasteiger charge is 2.27. The summed E-state index contributed by atoms with van der Waals surface area (Å²) in [6, 6.07) is 10.6. The van der Waals surface area contributed by atoms with Gasteiger partial charge in [0.1, 0.15) is 10.5 Å². The van der Waals surface area contributed by atoms with Crippen LogP contribution < -0.4 is 0 Å². The van der Waals surface area contributed by atoms with Gasteiger partial charge in [0.15, 0.2) is 0 Å². The topological polar surface area (TPSA) is 9.23 Å². The quantitative estimate of drug-likeness (QED) is 0.714. The fraction of sp³-hybridized carbons (Fsp3) is 0.571. The van der Waals surface area contributed by atoms with Gasteiger partial charge in [-0.15, -0.1) is 0 Å². The molecule has 0 fully saturated rings. The Morgan fingerprint density at radius 3 is 1.81 bits per heavy atom. The summed E-state index contributed by atoms with van der Waals surface area (Å²) in [5.74, 6) is 1.90. The van der Waals surface area contributed by atoms with Crippen molar-refractivity contribution in [2.24, 2.45) is 17.8 Å². The number of benzene rings is 1. The first-order chi connectivity index (χ1) is 7.57. The average molecular weight is 236 g/mol. The van der Waals surface area contributed by atoms with Crippen LogP contribution in [0, 0.1) is 17.8 Å². The van der Waals surface area contributed by atoms with Crippen LogP contribution >= 0.6 is 0 Å². The van der Waals surface area contributed by atoms with Crippen molar-refractivity contribution >= 4 is 10.5 Å². The van der Waals surface area contributed by atoms with Crippen LogP contribution in [0.25, 0.3) is 0 Å². The minimum Gasteiger partial charge on any atom is -0.421 e. The Hall–Kier alpha value is -0.603. The van der Waals surface area contributed by atoms with Crippen molar-refractivity contribution in [3.63, 3.8) is 0 Å². The van der Waals surface area contributed by atoms with E-state index in [0.29, 0.717) is 17.8 Å². The van der Waals surface area contributed by atoms with Gasteiger partial charge in [0.05, 0.1) is 6.10 Å². The van der Waals surface area contributed by atoms with Crippen molar-refractivity contribution < 1.29 is 4.43 Å². The van der Waals surface area contributed by atoms with Gasteiger partial charge in [-0.3, -0.25) is 0 Å². The Bertz CT molecular complexity index is 287. The van der Waals surface area contributed by atoms with Crippen LogP contribution in [0.3, 0.4) is 0 Å². The van der Waals surface area contributed by atoms with E-state index in [2.05, 4.69) is 58.0 Å². The molecule has 0 aliphatic rings. The number of rotatable bonds is 5. The Morgan fingerprint density at radius 2 is 1.44 bits per heavy atom. The van der Waals surface area contributed by atoms with Crippen LogP contribution in [0.1, 0.15) is 39.4 Å². The lowest BCUT2D eigenvalue weighted by atomic mass is 9.79. The molecule has 0 N–H and O–H groups in total. The van der Waals surface area contributed by atoms with Crippen molar-refractivity contribution in [1.82, 2.24) is 0 Å². The second-order valence-electron chi connectivity index (χ2n) is 5.13. The molecule has 0 radical (unpaired) electrons. The lowest BCUT2D eigenvalue weighted by Gasteiger charge is -2.33. The maximum Gasteiger partial charge on any atom is 0.146 e. The monoisotopic (exact) mass is 236 g/mol. The maximum atomic E-state index is 5.86. The number of hydrogen-bond acceptors (Lipinski definition) is 1. The first-order valence-electron chi connectivity index (χ1n) is 6.15. The van der Waals surface area contributed by atoms with Gasteiger partial charge in [0.25, 0.3) is 0 Å². The van der Waals surface area contributed by atoms with E-state index in [1.807, 2.05) is 0 Å². The highest BCUT2D eigenvalue weighted by Crippen LogP contribution is 2.35. The van der Waals surface area contributed by atoms with Gasteiger partial charge in [0.2, 0.25) is 0 Å². The second-order valence-corrected chi connectivity index (χ2v) is 5.60. The molecule has 0 saturated heterocycles. The van der Waals surface area contributed by atoms with Crippen LogP contribution in [0.2, 0.25) is 0 Å². The van der Waals surface area contributed by atoms with Crippen molar-refractivity contribution in [3.8, 4) is 0 Å². The highest BCUT2D eigenvalue weighted by molar-refractivity contribution is 5.98. The molecular weight excluding hydrogens is 212 g/mol. The molecule has 0 spiro atoms. The molecule has 0 aromatic heterocycles. The molecular formula is C14H24OSi. The van der Waals surface area contributed by atoms with Gasteiger partial charge < -0.3 is 4.43 Å². The lowest BCUT2D eigenvalue weighted by Crippen LogP contribution is -2.25. The molecule has 0 bridgehead atoms. The lowest BCUT2D eigenvalue weighted by molar-refractivity contribution is 0.0818. The Balaban J connectivity index is 2.96. The van der Waals surface area contributed by atoms with E-state index in [4.69, 9.17) is 4.43 Å². The summed E-state index contributed by atoms with van der Waals surface area (Å²) in [7, 11) is 0.796. The average Bonchev–Trinajstić information content (AvgIpc) is 2.25. The molecule has 16 heavy (non-hydrogen) atoms. The van der Waals surface area contributed by atoms with Crippen LogP contribution in [0.5, 0.6) is 0 Å². The largest absolute Gasteiger partial charge is 0.421 e. The van der Waals surface area contributed by atoms with Crippen LogP contribution in [0.15, 0.2) is 30.3 Å². The third-order valence-corrected chi connectivity index (χ3v) is 3.78. The Morgan fingerprint density at radius 1 is 0.938 bits per heavy atom. The molecule has 1 rings (SSSR count). The zero-order chi connectivity index (χ0) is 12.1. The zero-order valence-electron chi connectivity index (χ0n) is 11.1. The third kappa shape index (κ3) is 3.19. The van der Waals surface area contributed by atoms with Gasteiger partial charge in [-0.1, -0.05) is 58.0 Å². The van der Waals surface area contributed by atoms with E-state index < -0.39 is 0 Å². The molecule has 1 nitrogen and oxygen atoms in total. The predicted octanol–water partition coefficient (Wildman–Crippen LogP) is 2.95. The predicted molar refractivity (Wildman–Crippen MR) is 73.4 cm³/mol. The van der Waals surface area contributed by atoms with Crippen LogP contribution in [-0.2, 0) is 4.43 Å². The standard InChI is InChI=1S/C14H24OSi/c1-10(2)13(11(3)4)14(15-16)12-8-6-5-7-9-12/h5-11,13-14H,1-4,16H3. The van der Waals surface area contributed by atoms with Crippen molar-refractivity contribution in [3.05, 3.63) is 35.9 Å². The van der Waals surface area contributed by atoms with Gasteiger partial charge in [-0.25, -0.2) is 0 Å². The second kappa shape index (κ2) is 6.21. The smallest absolute Gasteiger partial charge is 0.146 e. The Labute approximate surface area is 103 Å². The van der Waals surface area contributed by atoms with Gasteiger partial charge in [0, 0.05) is 0 Å². The highest BCUT2D eigenvalue weighted by atomic mass is 28.2. The SMILES string of the molecule is CC(C)C(C(C)C)C(O[SiH3])c1ccccc1. The molecule has 1 unspecified atom stereocenters. The molecule has 0 saturated carbocycles. The van der Waals surface area contributed by atoms with E-state index in [1.165, 1.54) is 5.56 Å². The minimum absolute atomic E-state index is 0.271. The maximum absolute atomic E-state index is 5.86. The summed E-state index contributed by atoms with van der Waals surface area (Å²) in [5.41, 5.74) is 1.32. The summed E-state index contributed by atoms with van der Waals surface area (Å²) in [6.07, 6.45) is 0.271. The molecule has 0 aliphatic heterocycles. The summed E-state index contributed by atoms with van der Waals surface area (Å²) in [4.78, 5) is 0. The molecule has 0 aliphatic carbocycles. The summed E-state index contributed by atoms with van der Waals surface area (Å²) in [6.45, 7) is 9.17. The fourth-order valence-corrected chi connectivity index (χ4v) is 3.21. The van der Waals surface area contributed by atoms with E-state index in [-0.39, 0.29) is 6.10 Å². The first kappa shape index (κ1) is 13.5. The van der Waals surface area contributed by atoms with Crippen molar-refractivity contribution in [1.29, 1.82) is 0 Å². The summed E-state index contributed by atoms with van der Waals surface area (Å²) >= 11 is 0. The van der Waals surface area contributed by atoms with Crippen molar-refractivity contribution in [2.75, 3.05) is 0 Å². The van der Waals surface area contributed by atoms with E-state index >= 15 is 0 Å². The Kier molecular flexibility index (Phi) is 5.23. The molecule has 1 aromatic rings. The first-order valence-corrected chi connectivity index (χ1v) is 6.97. The minimum atomic E-state index is 0.271. The molecule has 1 aromatic carbocycles. The molecule has 1 atom stereocenters. The summed E-state index contributed by atoms with van der Waals surface area (Å²) in [5, 5.41) is 0. The normalized spacial score (nSPS) is 13.9. The van der Waals surface area contributed by atoms with E-state index in [9.17, 15) is 0 Å².